The average molecular weight is 571 g/mol. The fraction of sp³-hybridized carbons (Fsp3) is 0.375. The van der Waals surface area contributed by atoms with Gasteiger partial charge in [0.1, 0.15) is 17.6 Å². The SMILES string of the molecule is CC(C)C[C@H]1NC(=O)CN(C(=O)c2cn(C)c3ccccc23)CCCOc2cccc(c2)-c2nccn2CCNC1=O. The molecule has 2 aromatic heterocycles. The van der Waals surface area contributed by atoms with Crippen molar-refractivity contribution >= 4 is 28.6 Å². The summed E-state index contributed by atoms with van der Waals surface area (Å²) in [4.78, 5) is 46.5. The topological polar surface area (TPSA) is 110 Å². The Labute approximate surface area is 245 Å². The van der Waals surface area contributed by atoms with Crippen LogP contribution in [0.1, 0.15) is 37.0 Å². The quantitative estimate of drug-likeness (QED) is 0.391. The number of aryl methyl sites for hydroxylation is 1. The van der Waals surface area contributed by atoms with Crippen LogP contribution in [0.15, 0.2) is 67.1 Å². The first-order valence-electron chi connectivity index (χ1n) is 14.4. The summed E-state index contributed by atoms with van der Waals surface area (Å²) in [6, 6.07) is 14.7. The number of nitrogens with zero attached hydrogens (tertiary/aromatic N) is 4. The van der Waals surface area contributed by atoms with Crippen LogP contribution < -0.4 is 15.4 Å². The summed E-state index contributed by atoms with van der Waals surface area (Å²) in [5, 5.41) is 6.70. The Bertz CT molecular complexity index is 1570. The van der Waals surface area contributed by atoms with E-state index in [0.29, 0.717) is 50.4 Å². The molecule has 2 N–H and O–H groups in total. The van der Waals surface area contributed by atoms with Gasteiger partial charge in [-0.1, -0.05) is 44.2 Å². The van der Waals surface area contributed by atoms with E-state index in [-0.39, 0.29) is 30.2 Å². The molecule has 0 unspecified atom stereocenters. The van der Waals surface area contributed by atoms with Crippen LogP contribution in [0.4, 0.5) is 0 Å². The molecule has 0 radical (unpaired) electrons. The minimum absolute atomic E-state index is 0.169. The van der Waals surface area contributed by atoms with Gasteiger partial charge < -0.3 is 29.4 Å². The van der Waals surface area contributed by atoms with Crippen molar-refractivity contribution in [3.8, 4) is 17.1 Å². The number of ether oxygens (including phenoxy) is 1. The predicted octanol–water partition coefficient (Wildman–Crippen LogP) is 3.61. The van der Waals surface area contributed by atoms with E-state index in [0.717, 1.165) is 22.3 Å². The van der Waals surface area contributed by atoms with Crippen LogP contribution in [-0.2, 0) is 23.2 Å². The lowest BCUT2D eigenvalue weighted by Crippen LogP contribution is -2.51. The molecule has 4 aromatic rings. The molecule has 0 saturated carbocycles. The maximum absolute atomic E-state index is 13.9. The number of rotatable bonds is 3. The summed E-state index contributed by atoms with van der Waals surface area (Å²) in [5.74, 6) is 0.776. The number of nitrogens with one attached hydrogen (secondary N) is 2. The lowest BCUT2D eigenvalue weighted by molar-refractivity contribution is -0.129. The van der Waals surface area contributed by atoms with E-state index in [4.69, 9.17) is 4.74 Å². The van der Waals surface area contributed by atoms with E-state index >= 15 is 0 Å². The number of hydrogen-bond acceptors (Lipinski definition) is 5. The van der Waals surface area contributed by atoms with Crippen molar-refractivity contribution in [1.82, 2.24) is 29.7 Å². The number of aromatic nitrogens is 3. The number of imidazole rings is 1. The second kappa shape index (κ2) is 12.9. The summed E-state index contributed by atoms with van der Waals surface area (Å²) < 4.78 is 9.95. The largest absolute Gasteiger partial charge is 0.494 e. The molecular weight excluding hydrogens is 532 g/mol. The number of carbonyl (C=O) groups is 3. The molecule has 5 rings (SSSR count). The van der Waals surface area contributed by atoms with E-state index < -0.39 is 6.04 Å². The number of para-hydroxylation sites is 1. The van der Waals surface area contributed by atoms with Crippen molar-refractivity contribution in [3.05, 3.63) is 72.7 Å². The van der Waals surface area contributed by atoms with Gasteiger partial charge >= 0.3 is 0 Å². The Morgan fingerprint density at radius 2 is 1.95 bits per heavy atom. The molecule has 0 fully saturated rings. The van der Waals surface area contributed by atoms with Gasteiger partial charge in [-0.05, 0) is 37.0 Å². The van der Waals surface area contributed by atoms with Crippen molar-refractivity contribution in [2.45, 2.75) is 39.3 Å². The molecule has 3 amide bonds. The minimum atomic E-state index is -0.715. The van der Waals surface area contributed by atoms with Gasteiger partial charge in [-0.15, -0.1) is 0 Å². The van der Waals surface area contributed by atoms with Crippen LogP contribution in [0, 0.1) is 5.92 Å². The highest BCUT2D eigenvalue weighted by atomic mass is 16.5. The second-order valence-corrected chi connectivity index (χ2v) is 11.1. The third-order valence-electron chi connectivity index (χ3n) is 7.41. The van der Waals surface area contributed by atoms with Crippen molar-refractivity contribution in [2.75, 3.05) is 26.2 Å². The van der Waals surface area contributed by atoms with Crippen molar-refractivity contribution < 1.29 is 19.1 Å². The van der Waals surface area contributed by atoms with Gasteiger partial charge in [0, 0.05) is 61.7 Å². The fourth-order valence-corrected chi connectivity index (χ4v) is 5.39. The van der Waals surface area contributed by atoms with Gasteiger partial charge in [0.15, 0.2) is 0 Å². The molecular formula is C32H38N6O4. The first-order chi connectivity index (χ1) is 20.3. The van der Waals surface area contributed by atoms with Crippen molar-refractivity contribution in [1.29, 1.82) is 0 Å². The summed E-state index contributed by atoms with van der Waals surface area (Å²) in [5.41, 5.74) is 2.37. The minimum Gasteiger partial charge on any atom is -0.494 e. The number of carbonyl (C=O) groups excluding carboxylic acids is 3. The summed E-state index contributed by atoms with van der Waals surface area (Å²) >= 11 is 0. The number of fused-ring (bicyclic) bond motifs is 5. The number of benzene rings is 2. The molecule has 0 spiro atoms. The first kappa shape index (κ1) is 28.9. The van der Waals surface area contributed by atoms with E-state index in [9.17, 15) is 14.4 Å². The highest BCUT2D eigenvalue weighted by Crippen LogP contribution is 2.24. The normalized spacial score (nSPS) is 17.1. The Morgan fingerprint density at radius 1 is 1.12 bits per heavy atom. The molecule has 2 aromatic carbocycles. The maximum atomic E-state index is 13.9. The summed E-state index contributed by atoms with van der Waals surface area (Å²) in [6.07, 6.45) is 6.40. The molecule has 0 aliphatic carbocycles. The van der Waals surface area contributed by atoms with E-state index in [1.165, 1.54) is 0 Å². The Kier molecular flexibility index (Phi) is 8.90. The highest BCUT2D eigenvalue weighted by molar-refractivity contribution is 6.07. The first-order valence-corrected chi connectivity index (χ1v) is 14.4. The lowest BCUT2D eigenvalue weighted by Gasteiger charge is -2.25. The highest BCUT2D eigenvalue weighted by Gasteiger charge is 2.26. The van der Waals surface area contributed by atoms with Crippen LogP contribution >= 0.6 is 0 Å². The van der Waals surface area contributed by atoms with Gasteiger partial charge in [-0.3, -0.25) is 14.4 Å². The molecule has 10 heteroatoms. The van der Waals surface area contributed by atoms with Crippen LogP contribution in [0.3, 0.4) is 0 Å². The maximum Gasteiger partial charge on any atom is 0.256 e. The zero-order valence-corrected chi connectivity index (χ0v) is 24.4. The lowest BCUT2D eigenvalue weighted by atomic mass is 10.0. The Hall–Kier alpha value is -4.60. The molecule has 1 aliphatic rings. The Balaban J connectivity index is 1.43. The monoisotopic (exact) mass is 570 g/mol. The third-order valence-corrected chi connectivity index (χ3v) is 7.41. The molecule has 1 aliphatic heterocycles. The van der Waals surface area contributed by atoms with E-state index in [1.54, 1.807) is 17.3 Å². The second-order valence-electron chi connectivity index (χ2n) is 11.1. The zero-order chi connectivity index (χ0) is 29.6. The number of amides is 3. The number of hydrogen-bond donors (Lipinski definition) is 2. The smallest absolute Gasteiger partial charge is 0.256 e. The van der Waals surface area contributed by atoms with Crippen molar-refractivity contribution in [2.24, 2.45) is 13.0 Å². The Morgan fingerprint density at radius 3 is 2.79 bits per heavy atom. The van der Waals surface area contributed by atoms with E-state index in [2.05, 4.69) is 15.6 Å². The molecule has 10 nitrogen and oxygen atoms in total. The predicted molar refractivity (Wildman–Crippen MR) is 161 cm³/mol. The van der Waals surface area contributed by atoms with Gasteiger partial charge in [-0.25, -0.2) is 4.98 Å². The van der Waals surface area contributed by atoms with Gasteiger partial charge in [0.05, 0.1) is 18.7 Å². The van der Waals surface area contributed by atoms with Gasteiger partial charge in [0.2, 0.25) is 11.8 Å². The third kappa shape index (κ3) is 6.64. The molecule has 220 valence electrons. The molecule has 42 heavy (non-hydrogen) atoms. The summed E-state index contributed by atoms with van der Waals surface area (Å²) in [6.45, 7) is 5.40. The standard InChI is InChI=1S/C32H38N6O4/c1-22(2)18-27-31(40)34-13-16-37-15-12-33-30(37)23-8-6-9-24(19-23)42-17-7-14-38(21-29(39)35-27)32(41)26-20-36(3)28-11-5-4-10-25(26)28/h4-6,8-12,15,19-20,22,27H,7,13-14,16-18,21H2,1-3H3,(H,34,40)(H,35,39)/t27-/m1/s1. The molecule has 3 heterocycles. The van der Waals surface area contributed by atoms with Crippen LogP contribution in [0.25, 0.3) is 22.3 Å². The molecule has 0 saturated heterocycles. The molecule has 2 bridgehead atoms. The van der Waals surface area contributed by atoms with E-state index in [1.807, 2.05) is 84.8 Å². The fourth-order valence-electron chi connectivity index (χ4n) is 5.39. The van der Waals surface area contributed by atoms with Crippen LogP contribution in [0.2, 0.25) is 0 Å². The van der Waals surface area contributed by atoms with Gasteiger partial charge in [-0.2, -0.15) is 0 Å². The van der Waals surface area contributed by atoms with Crippen LogP contribution in [-0.4, -0.2) is 69.0 Å². The molecule has 1 atom stereocenters. The summed E-state index contributed by atoms with van der Waals surface area (Å²) in [7, 11) is 1.90. The average Bonchev–Trinajstić information content (AvgIpc) is 3.58. The van der Waals surface area contributed by atoms with Gasteiger partial charge in [0.25, 0.3) is 5.91 Å². The van der Waals surface area contributed by atoms with Crippen molar-refractivity contribution in [3.63, 3.8) is 0 Å². The zero-order valence-electron chi connectivity index (χ0n) is 24.4. The van der Waals surface area contributed by atoms with Crippen LogP contribution in [0.5, 0.6) is 5.75 Å².